The summed E-state index contributed by atoms with van der Waals surface area (Å²) < 4.78 is 13.1. The van der Waals surface area contributed by atoms with Crippen LogP contribution in [0, 0.1) is 11.7 Å². The van der Waals surface area contributed by atoms with E-state index in [4.69, 9.17) is 0 Å². The van der Waals surface area contributed by atoms with Gasteiger partial charge in [-0.3, -0.25) is 5.10 Å². The van der Waals surface area contributed by atoms with Gasteiger partial charge in [0.15, 0.2) is 0 Å². The first kappa shape index (κ1) is 14.6. The third-order valence-corrected chi connectivity index (χ3v) is 4.95. The minimum atomic E-state index is -0.194. The van der Waals surface area contributed by atoms with Gasteiger partial charge in [-0.15, -0.1) is 5.10 Å². The van der Waals surface area contributed by atoms with E-state index in [0.717, 1.165) is 28.9 Å². The summed E-state index contributed by atoms with van der Waals surface area (Å²) in [6, 6.07) is 6.67. The van der Waals surface area contributed by atoms with Crippen molar-refractivity contribution in [1.82, 2.24) is 15.2 Å². The zero-order chi connectivity index (χ0) is 14.5. The standard InChI is InChI=1S/C16H20FN3S/c17-14-7-3-6-13(10-14)11-21-16-18-15(19-20-16)9-8-12-4-1-2-5-12/h3,6-7,10,12H,1-2,4-5,8-9,11H2,(H,18,19,20). The van der Waals surface area contributed by atoms with Crippen molar-refractivity contribution in [2.24, 2.45) is 5.92 Å². The number of nitrogens with one attached hydrogen (secondary N) is 1. The molecule has 2 aromatic rings. The van der Waals surface area contributed by atoms with Crippen LogP contribution in [-0.4, -0.2) is 15.2 Å². The molecule has 112 valence electrons. The normalized spacial score (nSPS) is 15.7. The summed E-state index contributed by atoms with van der Waals surface area (Å²) in [5.41, 5.74) is 0.956. The molecule has 1 heterocycles. The van der Waals surface area contributed by atoms with Gasteiger partial charge < -0.3 is 0 Å². The maximum absolute atomic E-state index is 13.1. The fourth-order valence-electron chi connectivity index (χ4n) is 2.87. The molecule has 3 rings (SSSR count). The highest BCUT2D eigenvalue weighted by molar-refractivity contribution is 7.98. The molecule has 1 fully saturated rings. The van der Waals surface area contributed by atoms with Crippen LogP contribution < -0.4 is 0 Å². The lowest BCUT2D eigenvalue weighted by Gasteiger charge is -2.05. The second-order valence-corrected chi connectivity index (χ2v) is 6.61. The summed E-state index contributed by atoms with van der Waals surface area (Å²) in [4.78, 5) is 4.51. The van der Waals surface area contributed by atoms with Gasteiger partial charge >= 0.3 is 0 Å². The number of thioether (sulfide) groups is 1. The lowest BCUT2D eigenvalue weighted by molar-refractivity contribution is 0.497. The van der Waals surface area contributed by atoms with Crippen LogP contribution in [0.1, 0.15) is 43.5 Å². The summed E-state index contributed by atoms with van der Waals surface area (Å²) in [6.07, 6.45) is 7.71. The minimum absolute atomic E-state index is 0.194. The summed E-state index contributed by atoms with van der Waals surface area (Å²) in [5, 5.41) is 8.00. The zero-order valence-corrected chi connectivity index (χ0v) is 12.8. The molecule has 0 atom stereocenters. The van der Waals surface area contributed by atoms with E-state index in [1.165, 1.54) is 38.2 Å². The predicted octanol–water partition coefficient (Wildman–Crippen LogP) is 4.36. The molecule has 1 aromatic heterocycles. The Labute approximate surface area is 128 Å². The van der Waals surface area contributed by atoms with Gasteiger partial charge in [-0.1, -0.05) is 49.6 Å². The van der Waals surface area contributed by atoms with E-state index < -0.39 is 0 Å². The smallest absolute Gasteiger partial charge is 0.208 e. The SMILES string of the molecule is Fc1cccc(CSc2n[nH]c(CCC3CCCC3)n2)c1. The molecule has 0 saturated heterocycles. The molecule has 5 heteroatoms. The minimum Gasteiger partial charge on any atom is -0.262 e. The highest BCUT2D eigenvalue weighted by Crippen LogP contribution is 2.28. The van der Waals surface area contributed by atoms with Crippen molar-refractivity contribution in [3.63, 3.8) is 0 Å². The van der Waals surface area contributed by atoms with Crippen LogP contribution in [0.15, 0.2) is 29.4 Å². The van der Waals surface area contributed by atoms with Crippen molar-refractivity contribution in [3.05, 3.63) is 41.5 Å². The molecule has 1 N–H and O–H groups in total. The van der Waals surface area contributed by atoms with E-state index in [-0.39, 0.29) is 5.82 Å². The Bertz CT molecular complexity index is 578. The van der Waals surface area contributed by atoms with Gasteiger partial charge in [-0.2, -0.15) is 0 Å². The molecule has 0 amide bonds. The van der Waals surface area contributed by atoms with Crippen LogP contribution in [0.3, 0.4) is 0 Å². The molecule has 1 aromatic carbocycles. The number of halogens is 1. The van der Waals surface area contributed by atoms with Crippen molar-refractivity contribution in [2.45, 2.75) is 49.4 Å². The summed E-state index contributed by atoms with van der Waals surface area (Å²) in [5.74, 6) is 2.35. The number of H-pyrrole nitrogens is 1. The van der Waals surface area contributed by atoms with E-state index >= 15 is 0 Å². The van der Waals surface area contributed by atoms with E-state index in [0.29, 0.717) is 5.75 Å². The lowest BCUT2D eigenvalue weighted by Crippen LogP contribution is -1.97. The van der Waals surface area contributed by atoms with E-state index in [1.54, 1.807) is 23.9 Å². The third kappa shape index (κ3) is 4.30. The third-order valence-electron chi connectivity index (χ3n) is 4.03. The largest absolute Gasteiger partial charge is 0.262 e. The molecule has 0 bridgehead atoms. The Morgan fingerprint density at radius 2 is 2.14 bits per heavy atom. The molecule has 1 aliphatic rings. The van der Waals surface area contributed by atoms with Crippen LogP contribution in [-0.2, 0) is 12.2 Å². The number of hydrogen-bond acceptors (Lipinski definition) is 3. The number of aromatic nitrogens is 3. The van der Waals surface area contributed by atoms with Gasteiger partial charge in [0.1, 0.15) is 11.6 Å². The molecule has 1 saturated carbocycles. The topological polar surface area (TPSA) is 41.6 Å². The highest BCUT2D eigenvalue weighted by atomic mass is 32.2. The number of benzene rings is 1. The van der Waals surface area contributed by atoms with Crippen LogP contribution in [0.5, 0.6) is 0 Å². The van der Waals surface area contributed by atoms with Crippen molar-refractivity contribution in [3.8, 4) is 0 Å². The fraction of sp³-hybridized carbons (Fsp3) is 0.500. The van der Waals surface area contributed by atoms with Gasteiger partial charge in [-0.25, -0.2) is 9.37 Å². The maximum Gasteiger partial charge on any atom is 0.208 e. The first-order valence-corrected chi connectivity index (χ1v) is 8.57. The quantitative estimate of drug-likeness (QED) is 0.806. The number of aryl methyl sites for hydroxylation is 1. The Balaban J connectivity index is 1.48. The monoisotopic (exact) mass is 305 g/mol. The molecule has 3 nitrogen and oxygen atoms in total. The Morgan fingerprint density at radius 3 is 2.95 bits per heavy atom. The first-order valence-electron chi connectivity index (χ1n) is 7.58. The Kier molecular flexibility index (Phi) is 4.91. The van der Waals surface area contributed by atoms with Crippen molar-refractivity contribution >= 4 is 11.8 Å². The van der Waals surface area contributed by atoms with Crippen molar-refractivity contribution in [2.75, 3.05) is 0 Å². The van der Waals surface area contributed by atoms with Gasteiger partial charge in [0.25, 0.3) is 0 Å². The lowest BCUT2D eigenvalue weighted by atomic mass is 10.0. The fourth-order valence-corrected chi connectivity index (χ4v) is 3.63. The van der Waals surface area contributed by atoms with Gasteiger partial charge in [-0.05, 0) is 30.0 Å². The van der Waals surface area contributed by atoms with E-state index in [9.17, 15) is 4.39 Å². The predicted molar refractivity (Wildman–Crippen MR) is 82.6 cm³/mol. The molecule has 0 unspecified atom stereocenters. The molecular formula is C16H20FN3S. The number of hydrogen-bond donors (Lipinski definition) is 1. The average Bonchev–Trinajstić information content (AvgIpc) is 3.15. The molecule has 0 radical (unpaired) electrons. The summed E-state index contributed by atoms with van der Waals surface area (Å²) in [6.45, 7) is 0. The van der Waals surface area contributed by atoms with Crippen LogP contribution in [0.2, 0.25) is 0 Å². The van der Waals surface area contributed by atoms with Gasteiger partial charge in [0.05, 0.1) is 0 Å². The Morgan fingerprint density at radius 1 is 1.29 bits per heavy atom. The van der Waals surface area contributed by atoms with E-state index in [1.807, 2.05) is 6.07 Å². The average molecular weight is 305 g/mol. The van der Waals surface area contributed by atoms with Crippen LogP contribution in [0.25, 0.3) is 0 Å². The molecule has 0 spiro atoms. The van der Waals surface area contributed by atoms with Crippen LogP contribution in [0.4, 0.5) is 4.39 Å². The second-order valence-electron chi connectivity index (χ2n) is 5.67. The zero-order valence-electron chi connectivity index (χ0n) is 12.0. The van der Waals surface area contributed by atoms with Crippen LogP contribution >= 0.6 is 11.8 Å². The van der Waals surface area contributed by atoms with Gasteiger partial charge in [0.2, 0.25) is 5.16 Å². The summed E-state index contributed by atoms with van der Waals surface area (Å²) >= 11 is 1.54. The Hall–Kier alpha value is -1.36. The number of aromatic amines is 1. The number of rotatable bonds is 6. The van der Waals surface area contributed by atoms with Crippen molar-refractivity contribution < 1.29 is 4.39 Å². The van der Waals surface area contributed by atoms with E-state index in [2.05, 4.69) is 15.2 Å². The molecule has 0 aliphatic heterocycles. The number of nitrogens with zero attached hydrogens (tertiary/aromatic N) is 2. The second kappa shape index (κ2) is 7.07. The first-order chi connectivity index (χ1) is 10.3. The van der Waals surface area contributed by atoms with Crippen molar-refractivity contribution in [1.29, 1.82) is 0 Å². The highest BCUT2D eigenvalue weighted by Gasteiger charge is 2.15. The maximum atomic E-state index is 13.1. The molecule has 21 heavy (non-hydrogen) atoms. The molecule has 1 aliphatic carbocycles. The molecular weight excluding hydrogens is 285 g/mol. The summed E-state index contributed by atoms with van der Waals surface area (Å²) in [7, 11) is 0. The van der Waals surface area contributed by atoms with Gasteiger partial charge in [0, 0.05) is 12.2 Å².